The summed E-state index contributed by atoms with van der Waals surface area (Å²) in [5, 5.41) is 11.7. The van der Waals surface area contributed by atoms with Crippen molar-refractivity contribution in [3.05, 3.63) is 10.1 Å². The number of esters is 1. The van der Waals surface area contributed by atoms with Crippen molar-refractivity contribution in [2.75, 3.05) is 25.5 Å². The van der Waals surface area contributed by atoms with Gasteiger partial charge in [0.25, 0.3) is 5.09 Å². The second kappa shape index (κ2) is 12.1. The van der Waals surface area contributed by atoms with Crippen molar-refractivity contribution in [3.63, 3.8) is 0 Å². The Bertz CT molecular complexity index is 756. The molecule has 3 atom stereocenters. The van der Waals surface area contributed by atoms with Gasteiger partial charge in [-0.05, 0) is 40.5 Å². The van der Waals surface area contributed by atoms with Crippen LogP contribution in [0.4, 0.5) is 4.79 Å². The van der Waals surface area contributed by atoms with Gasteiger partial charge < -0.3 is 24.5 Å². The molecule has 0 radical (unpaired) electrons. The first kappa shape index (κ1) is 28.5. The number of alkyl carbamates (subject to hydrolysis) is 1. The molecule has 1 saturated heterocycles. The lowest BCUT2D eigenvalue weighted by atomic mass is 9.86. The SMILES string of the molecule is CC(CS)C(=O)N1CCC[C@@]1(C(=O)OCCCO[N+](=O)[O-])C(=O)C(C)NC(=O)OC(C)(C)C. The molecule has 1 rings (SSSR count). The highest BCUT2D eigenvalue weighted by atomic mass is 32.1. The third kappa shape index (κ3) is 7.76. The van der Waals surface area contributed by atoms with Gasteiger partial charge in [0.05, 0.1) is 19.3 Å². The Kier molecular flexibility index (Phi) is 10.4. The van der Waals surface area contributed by atoms with Gasteiger partial charge in [-0.3, -0.25) is 9.59 Å². The van der Waals surface area contributed by atoms with Gasteiger partial charge in [-0.15, -0.1) is 10.1 Å². The Morgan fingerprint density at radius 3 is 2.39 bits per heavy atom. The van der Waals surface area contributed by atoms with E-state index in [2.05, 4.69) is 22.8 Å². The fraction of sp³-hybridized carbons (Fsp3) is 0.800. The average Bonchev–Trinajstić information content (AvgIpc) is 3.15. The molecule has 188 valence electrons. The Hall–Kier alpha value is -2.57. The van der Waals surface area contributed by atoms with Crippen molar-refractivity contribution in [2.24, 2.45) is 5.92 Å². The average molecular weight is 492 g/mol. The van der Waals surface area contributed by atoms with E-state index < -0.39 is 51.9 Å². The van der Waals surface area contributed by atoms with E-state index in [1.807, 2.05) is 0 Å². The first-order valence-electron chi connectivity index (χ1n) is 10.7. The minimum Gasteiger partial charge on any atom is -0.464 e. The molecular formula is C20H33N3O9S. The molecule has 0 aromatic carbocycles. The number of ketones is 1. The number of nitrogens with one attached hydrogen (secondary N) is 1. The number of Topliss-reactive ketones (excluding diaryl/α,β-unsaturated/α-hetero) is 1. The lowest BCUT2D eigenvalue weighted by Crippen LogP contribution is -2.64. The van der Waals surface area contributed by atoms with E-state index in [0.29, 0.717) is 6.42 Å². The van der Waals surface area contributed by atoms with E-state index in [-0.39, 0.29) is 38.4 Å². The van der Waals surface area contributed by atoms with Crippen molar-refractivity contribution in [3.8, 4) is 0 Å². The maximum atomic E-state index is 13.5. The number of thiol groups is 1. The number of rotatable bonds is 11. The molecule has 0 aromatic rings. The first-order valence-corrected chi connectivity index (χ1v) is 11.3. The predicted molar refractivity (Wildman–Crippen MR) is 119 cm³/mol. The highest BCUT2D eigenvalue weighted by Crippen LogP contribution is 2.34. The number of hydrogen-bond donors (Lipinski definition) is 2. The van der Waals surface area contributed by atoms with E-state index >= 15 is 0 Å². The van der Waals surface area contributed by atoms with Gasteiger partial charge in [-0.25, -0.2) is 9.59 Å². The van der Waals surface area contributed by atoms with Crippen molar-refractivity contribution in [2.45, 2.75) is 71.1 Å². The van der Waals surface area contributed by atoms with Crippen LogP contribution in [0.15, 0.2) is 0 Å². The van der Waals surface area contributed by atoms with Gasteiger partial charge in [0, 0.05) is 24.6 Å². The second-order valence-corrected chi connectivity index (χ2v) is 9.18. The summed E-state index contributed by atoms with van der Waals surface area (Å²) in [5.74, 6) is -2.46. The summed E-state index contributed by atoms with van der Waals surface area (Å²) in [6, 6.07) is -1.16. The molecule has 0 aromatic heterocycles. The van der Waals surface area contributed by atoms with Gasteiger partial charge in [0.2, 0.25) is 11.4 Å². The third-order valence-corrected chi connectivity index (χ3v) is 5.48. The van der Waals surface area contributed by atoms with Gasteiger partial charge in [-0.2, -0.15) is 12.6 Å². The van der Waals surface area contributed by atoms with E-state index in [1.54, 1.807) is 27.7 Å². The number of likely N-dealkylation sites (tertiary alicyclic amines) is 1. The number of carbonyl (C=O) groups is 4. The number of nitrogens with zero attached hydrogens (tertiary/aromatic N) is 2. The van der Waals surface area contributed by atoms with Crippen molar-refractivity contribution in [1.82, 2.24) is 10.2 Å². The Labute approximate surface area is 198 Å². The fourth-order valence-electron chi connectivity index (χ4n) is 3.42. The zero-order valence-electron chi connectivity index (χ0n) is 19.6. The monoisotopic (exact) mass is 491 g/mol. The molecule has 0 aliphatic carbocycles. The van der Waals surface area contributed by atoms with Gasteiger partial charge >= 0.3 is 12.1 Å². The van der Waals surface area contributed by atoms with Crippen molar-refractivity contribution < 1.29 is 38.6 Å². The second-order valence-electron chi connectivity index (χ2n) is 8.82. The number of amides is 2. The summed E-state index contributed by atoms with van der Waals surface area (Å²) in [7, 11) is 0. The lowest BCUT2D eigenvalue weighted by molar-refractivity contribution is -0.757. The maximum absolute atomic E-state index is 13.5. The normalized spacial score (nSPS) is 19.9. The van der Waals surface area contributed by atoms with E-state index in [1.165, 1.54) is 11.8 Å². The minimum atomic E-state index is -1.94. The molecule has 1 N–H and O–H groups in total. The third-order valence-electron chi connectivity index (χ3n) is 4.93. The Morgan fingerprint density at radius 1 is 1.21 bits per heavy atom. The Balaban J connectivity index is 3.12. The van der Waals surface area contributed by atoms with Gasteiger partial charge in [-0.1, -0.05) is 6.92 Å². The van der Waals surface area contributed by atoms with Gasteiger partial charge in [0.15, 0.2) is 5.78 Å². The quantitative estimate of drug-likeness (QED) is 0.109. The molecule has 0 saturated carbocycles. The molecular weight excluding hydrogens is 458 g/mol. The van der Waals surface area contributed by atoms with Crippen LogP contribution in [0.5, 0.6) is 0 Å². The molecule has 2 amide bonds. The molecule has 1 fully saturated rings. The number of carbonyl (C=O) groups excluding carboxylic acids is 4. The van der Waals surface area contributed by atoms with Crippen LogP contribution < -0.4 is 5.32 Å². The van der Waals surface area contributed by atoms with Gasteiger partial charge in [0.1, 0.15) is 5.60 Å². The van der Waals surface area contributed by atoms with Crippen LogP contribution in [-0.4, -0.2) is 76.4 Å². The molecule has 13 heteroatoms. The summed E-state index contributed by atoms with van der Waals surface area (Å²) >= 11 is 4.14. The molecule has 1 aliphatic rings. The van der Waals surface area contributed by atoms with Crippen LogP contribution in [0.1, 0.15) is 53.9 Å². The standard InChI is InChI=1S/C20H33N3O9S/c1-13(12-33)16(25)22-9-6-8-20(22,17(26)30-10-7-11-31-23(28)29)15(24)14(2)21-18(27)32-19(3,4)5/h13-14,33H,6-12H2,1-5H3,(H,21,27)/t13?,14?,20-/m0/s1. The maximum Gasteiger partial charge on any atom is 0.408 e. The summed E-state index contributed by atoms with van der Waals surface area (Å²) in [4.78, 5) is 67.5. The summed E-state index contributed by atoms with van der Waals surface area (Å²) in [6.07, 6.45) is -0.441. The van der Waals surface area contributed by atoms with Crippen LogP contribution in [-0.2, 0) is 28.7 Å². The fourth-order valence-corrected chi connectivity index (χ4v) is 3.58. The molecule has 1 aliphatic heterocycles. The van der Waals surface area contributed by atoms with E-state index in [4.69, 9.17) is 9.47 Å². The predicted octanol–water partition coefficient (Wildman–Crippen LogP) is 1.54. The lowest BCUT2D eigenvalue weighted by Gasteiger charge is -2.37. The smallest absolute Gasteiger partial charge is 0.408 e. The highest BCUT2D eigenvalue weighted by Gasteiger charge is 2.58. The van der Waals surface area contributed by atoms with E-state index in [9.17, 15) is 29.3 Å². The molecule has 0 spiro atoms. The summed E-state index contributed by atoms with van der Waals surface area (Å²) in [5.41, 5.74) is -2.74. The van der Waals surface area contributed by atoms with Crippen molar-refractivity contribution in [1.29, 1.82) is 0 Å². The first-order chi connectivity index (χ1) is 15.3. The molecule has 12 nitrogen and oxygen atoms in total. The topological polar surface area (TPSA) is 154 Å². The molecule has 1 heterocycles. The van der Waals surface area contributed by atoms with Crippen LogP contribution in [0, 0.1) is 16.0 Å². The highest BCUT2D eigenvalue weighted by molar-refractivity contribution is 7.80. The van der Waals surface area contributed by atoms with Crippen LogP contribution >= 0.6 is 12.6 Å². The molecule has 2 unspecified atom stereocenters. The number of ether oxygens (including phenoxy) is 2. The van der Waals surface area contributed by atoms with Crippen LogP contribution in [0.3, 0.4) is 0 Å². The summed E-state index contributed by atoms with van der Waals surface area (Å²) in [6.45, 7) is 7.63. The van der Waals surface area contributed by atoms with Crippen LogP contribution in [0.25, 0.3) is 0 Å². The summed E-state index contributed by atoms with van der Waals surface area (Å²) < 4.78 is 10.4. The van der Waals surface area contributed by atoms with E-state index in [0.717, 1.165) is 0 Å². The molecule has 33 heavy (non-hydrogen) atoms. The van der Waals surface area contributed by atoms with Crippen molar-refractivity contribution >= 4 is 36.4 Å². The minimum absolute atomic E-state index is 0.0153. The van der Waals surface area contributed by atoms with Crippen LogP contribution in [0.2, 0.25) is 0 Å². The molecule has 0 bridgehead atoms. The Morgan fingerprint density at radius 2 is 1.85 bits per heavy atom. The number of hydrogen-bond acceptors (Lipinski definition) is 10. The zero-order valence-corrected chi connectivity index (χ0v) is 20.5. The largest absolute Gasteiger partial charge is 0.464 e. The zero-order chi connectivity index (χ0) is 25.4.